The summed E-state index contributed by atoms with van der Waals surface area (Å²) in [6, 6.07) is 1.19. The molecule has 0 fully saturated rings. The van der Waals surface area contributed by atoms with E-state index in [4.69, 9.17) is 9.84 Å². The van der Waals surface area contributed by atoms with Crippen LogP contribution in [0, 0.1) is 11.6 Å². The quantitative estimate of drug-likeness (QED) is 0.599. The minimum absolute atomic E-state index is 0.0217. The molecule has 0 unspecified atom stereocenters. The number of ether oxygens (including phenoxy) is 1. The van der Waals surface area contributed by atoms with Crippen molar-refractivity contribution in [3.63, 3.8) is 0 Å². The molecular formula is C13H11BrF2N2O4. The number of imide groups is 1. The van der Waals surface area contributed by atoms with Gasteiger partial charge in [0, 0.05) is 6.08 Å². The largest absolute Gasteiger partial charge is 0.491 e. The van der Waals surface area contributed by atoms with E-state index in [-0.39, 0.29) is 29.0 Å². The molecule has 1 aromatic carbocycles. The van der Waals surface area contributed by atoms with Crippen molar-refractivity contribution in [3.05, 3.63) is 33.9 Å². The van der Waals surface area contributed by atoms with Crippen molar-refractivity contribution in [1.82, 2.24) is 4.90 Å². The predicted octanol–water partition coefficient (Wildman–Crippen LogP) is 1.39. The van der Waals surface area contributed by atoms with Gasteiger partial charge < -0.3 is 15.2 Å². The van der Waals surface area contributed by atoms with Gasteiger partial charge in [-0.05, 0) is 22.0 Å². The van der Waals surface area contributed by atoms with Gasteiger partial charge in [-0.3, -0.25) is 14.5 Å². The van der Waals surface area contributed by atoms with Crippen molar-refractivity contribution in [3.8, 4) is 5.75 Å². The zero-order chi connectivity index (χ0) is 16.4. The number of hydrogen-bond donors (Lipinski definition) is 2. The van der Waals surface area contributed by atoms with Crippen LogP contribution in [0.5, 0.6) is 5.75 Å². The highest BCUT2D eigenvalue weighted by Crippen LogP contribution is 2.35. The van der Waals surface area contributed by atoms with E-state index in [0.717, 1.165) is 18.1 Å². The number of β-amino-alcohol motifs (C(OH)–C–C–N with tert-alkyl or cyclic N) is 1. The van der Waals surface area contributed by atoms with Crippen LogP contribution in [0.3, 0.4) is 0 Å². The maximum absolute atomic E-state index is 13.8. The molecule has 1 heterocycles. The number of methoxy groups -OCH3 is 1. The van der Waals surface area contributed by atoms with Crippen LogP contribution in [0.2, 0.25) is 0 Å². The molecule has 0 atom stereocenters. The molecule has 0 saturated carbocycles. The second-order valence-corrected chi connectivity index (χ2v) is 5.12. The summed E-state index contributed by atoms with van der Waals surface area (Å²) in [4.78, 5) is 24.4. The number of benzene rings is 1. The molecule has 0 spiro atoms. The normalized spacial score (nSPS) is 14.4. The van der Waals surface area contributed by atoms with Gasteiger partial charge in [0.2, 0.25) is 5.82 Å². The van der Waals surface area contributed by atoms with Gasteiger partial charge in [0.25, 0.3) is 11.8 Å². The zero-order valence-electron chi connectivity index (χ0n) is 11.3. The fourth-order valence-corrected chi connectivity index (χ4v) is 2.33. The van der Waals surface area contributed by atoms with Crippen molar-refractivity contribution in [2.75, 3.05) is 25.6 Å². The monoisotopic (exact) mass is 376 g/mol. The average molecular weight is 377 g/mol. The molecule has 2 amide bonds. The molecule has 2 rings (SSSR count). The summed E-state index contributed by atoms with van der Waals surface area (Å²) in [6.07, 6.45) is 1.01. The highest BCUT2D eigenvalue weighted by molar-refractivity contribution is 9.10. The molecule has 0 aliphatic carbocycles. The van der Waals surface area contributed by atoms with Crippen LogP contribution in [0.15, 0.2) is 22.3 Å². The summed E-state index contributed by atoms with van der Waals surface area (Å²) < 4.78 is 31.9. The van der Waals surface area contributed by atoms with Gasteiger partial charge in [-0.15, -0.1) is 0 Å². The molecule has 6 nitrogen and oxygen atoms in total. The van der Waals surface area contributed by atoms with Crippen LogP contribution in [-0.2, 0) is 9.59 Å². The molecule has 1 aromatic rings. The Labute approximate surface area is 132 Å². The highest BCUT2D eigenvalue weighted by atomic mass is 79.9. The van der Waals surface area contributed by atoms with E-state index < -0.39 is 29.2 Å². The topological polar surface area (TPSA) is 78.9 Å². The fraction of sp³-hybridized carbons (Fsp3) is 0.231. The maximum Gasteiger partial charge on any atom is 0.277 e. The molecular weight excluding hydrogens is 366 g/mol. The third-order valence-electron chi connectivity index (χ3n) is 2.92. The lowest BCUT2D eigenvalue weighted by atomic mass is 10.2. The number of hydrogen-bond acceptors (Lipinski definition) is 5. The van der Waals surface area contributed by atoms with Gasteiger partial charge in [-0.1, -0.05) is 0 Å². The number of carbonyl (C=O) groups excluding carboxylic acids is 2. The Morgan fingerprint density at radius 2 is 2.05 bits per heavy atom. The number of amides is 2. The molecule has 9 heteroatoms. The van der Waals surface area contributed by atoms with E-state index in [1.807, 2.05) is 0 Å². The molecule has 1 aliphatic rings. The third kappa shape index (κ3) is 2.81. The van der Waals surface area contributed by atoms with E-state index in [1.165, 1.54) is 6.07 Å². The van der Waals surface area contributed by atoms with E-state index in [2.05, 4.69) is 21.2 Å². The minimum atomic E-state index is -1.23. The molecule has 1 aliphatic heterocycles. The number of anilines is 1. The predicted molar refractivity (Wildman–Crippen MR) is 76.1 cm³/mol. The summed E-state index contributed by atoms with van der Waals surface area (Å²) in [5.74, 6) is -4.08. The van der Waals surface area contributed by atoms with E-state index >= 15 is 0 Å². The summed E-state index contributed by atoms with van der Waals surface area (Å²) in [5, 5.41) is 11.4. The van der Waals surface area contributed by atoms with Gasteiger partial charge in [0.15, 0.2) is 11.6 Å². The third-order valence-corrected chi connectivity index (χ3v) is 3.50. The van der Waals surface area contributed by atoms with Gasteiger partial charge in [-0.25, -0.2) is 4.39 Å². The zero-order valence-corrected chi connectivity index (χ0v) is 12.9. The van der Waals surface area contributed by atoms with Crippen LogP contribution in [0.25, 0.3) is 0 Å². The molecule has 22 heavy (non-hydrogen) atoms. The smallest absolute Gasteiger partial charge is 0.277 e. The van der Waals surface area contributed by atoms with Gasteiger partial charge in [-0.2, -0.15) is 4.39 Å². The van der Waals surface area contributed by atoms with Gasteiger partial charge in [0.1, 0.15) is 5.70 Å². The van der Waals surface area contributed by atoms with E-state index in [9.17, 15) is 18.4 Å². The number of aliphatic hydroxyl groups is 1. The van der Waals surface area contributed by atoms with Crippen LogP contribution in [0.4, 0.5) is 14.5 Å². The Balaban J connectivity index is 2.34. The molecule has 0 radical (unpaired) electrons. The van der Waals surface area contributed by atoms with E-state index in [0.29, 0.717) is 0 Å². The second kappa shape index (κ2) is 6.41. The summed E-state index contributed by atoms with van der Waals surface area (Å²) in [5.41, 5.74) is -0.152. The number of carbonyl (C=O) groups is 2. The Bertz CT molecular complexity index is 678. The van der Waals surface area contributed by atoms with Crippen LogP contribution < -0.4 is 10.1 Å². The minimum Gasteiger partial charge on any atom is -0.491 e. The summed E-state index contributed by atoms with van der Waals surface area (Å²) in [6.45, 7) is -0.531. The number of aliphatic hydroxyl groups excluding tert-OH is 1. The average Bonchev–Trinajstić information content (AvgIpc) is 2.73. The first kappa shape index (κ1) is 16.4. The van der Waals surface area contributed by atoms with Crippen molar-refractivity contribution in [2.45, 2.75) is 0 Å². The lowest BCUT2D eigenvalue weighted by Gasteiger charge is -2.15. The van der Waals surface area contributed by atoms with Gasteiger partial charge in [0.05, 0.1) is 30.4 Å². The molecule has 118 valence electrons. The van der Waals surface area contributed by atoms with Crippen molar-refractivity contribution >= 4 is 33.4 Å². The number of nitrogens with one attached hydrogen (secondary N) is 1. The first-order chi connectivity index (χ1) is 10.4. The van der Waals surface area contributed by atoms with Crippen LogP contribution in [0.1, 0.15) is 0 Å². The first-order valence-corrected chi connectivity index (χ1v) is 6.86. The Hall–Kier alpha value is -2.00. The number of nitrogens with zero attached hydrogens (tertiary/aromatic N) is 1. The Morgan fingerprint density at radius 3 is 2.64 bits per heavy atom. The fourth-order valence-electron chi connectivity index (χ4n) is 1.93. The standard InChI is InChI=1S/C13H11BrF2N2O4/c1-22-12-7(4-6(14)10(15)11(12)16)17-8-5-9(20)18(2-3-19)13(8)21/h4-5,17,19H,2-3H2,1H3. The van der Waals surface area contributed by atoms with Crippen LogP contribution in [-0.4, -0.2) is 42.1 Å². The molecule has 0 saturated heterocycles. The molecule has 0 bridgehead atoms. The molecule has 0 aromatic heterocycles. The highest BCUT2D eigenvalue weighted by Gasteiger charge is 2.31. The number of halogens is 3. The summed E-state index contributed by atoms with van der Waals surface area (Å²) >= 11 is 2.85. The Morgan fingerprint density at radius 1 is 1.36 bits per heavy atom. The van der Waals surface area contributed by atoms with Gasteiger partial charge >= 0.3 is 0 Å². The Kier molecular flexibility index (Phi) is 4.77. The van der Waals surface area contributed by atoms with E-state index in [1.54, 1.807) is 0 Å². The summed E-state index contributed by atoms with van der Waals surface area (Å²) in [7, 11) is 1.14. The first-order valence-electron chi connectivity index (χ1n) is 6.07. The lowest BCUT2D eigenvalue weighted by molar-refractivity contribution is -0.137. The SMILES string of the molecule is COc1c(NC2=CC(=O)N(CCO)C2=O)cc(Br)c(F)c1F. The van der Waals surface area contributed by atoms with Crippen molar-refractivity contribution < 1.29 is 28.2 Å². The van der Waals surface area contributed by atoms with Crippen molar-refractivity contribution in [2.24, 2.45) is 0 Å². The van der Waals surface area contributed by atoms with Crippen molar-refractivity contribution in [1.29, 1.82) is 0 Å². The second-order valence-electron chi connectivity index (χ2n) is 4.27. The lowest BCUT2D eigenvalue weighted by Crippen LogP contribution is -2.34. The maximum atomic E-state index is 13.8. The molecule has 2 N–H and O–H groups in total. The number of rotatable bonds is 5. The van der Waals surface area contributed by atoms with Crippen LogP contribution >= 0.6 is 15.9 Å².